The summed E-state index contributed by atoms with van der Waals surface area (Å²) in [6.07, 6.45) is 0. The van der Waals surface area contributed by atoms with Gasteiger partial charge in [0.2, 0.25) is 0 Å². The van der Waals surface area contributed by atoms with Crippen LogP contribution in [0, 0.1) is 0 Å². The second-order valence-corrected chi connectivity index (χ2v) is 18.7. The number of para-hydroxylation sites is 2. The molecule has 0 spiro atoms. The Labute approximate surface area is 333 Å². The minimum Gasteiger partial charge on any atom is -0.309 e. The summed E-state index contributed by atoms with van der Waals surface area (Å²) in [6.45, 7) is 0. The van der Waals surface area contributed by atoms with Gasteiger partial charge in [-0.25, -0.2) is 0 Å². The normalized spacial score (nSPS) is 11.9. The zero-order valence-corrected chi connectivity index (χ0v) is 32.3. The van der Waals surface area contributed by atoms with E-state index in [1.54, 1.807) is 0 Å². The summed E-state index contributed by atoms with van der Waals surface area (Å²) in [5, 5.41) is 10.4. The van der Waals surface area contributed by atoms with E-state index in [1.807, 2.05) is 0 Å². The number of rotatable bonds is 7. The Morgan fingerprint density at radius 2 is 0.667 bits per heavy atom. The fourth-order valence-electron chi connectivity index (χ4n) is 9.38. The van der Waals surface area contributed by atoms with Gasteiger partial charge in [0.25, 0.3) is 0 Å². The average Bonchev–Trinajstić information content (AvgIpc) is 3.80. The fourth-order valence-corrected chi connectivity index (χ4v) is 14.2. The van der Waals surface area contributed by atoms with Crippen molar-refractivity contribution >= 4 is 72.4 Å². The molecule has 0 saturated heterocycles. The molecule has 0 amide bonds. The van der Waals surface area contributed by atoms with Gasteiger partial charge in [0.1, 0.15) is 0 Å². The van der Waals surface area contributed by atoms with Crippen LogP contribution in [0.1, 0.15) is 0 Å². The van der Waals surface area contributed by atoms with Crippen LogP contribution in [0.5, 0.6) is 0 Å². The summed E-state index contributed by atoms with van der Waals surface area (Å²) >= 11 is 0. The van der Waals surface area contributed by atoms with Gasteiger partial charge in [-0.3, -0.25) is 0 Å². The lowest BCUT2D eigenvalue weighted by Crippen LogP contribution is -2.74. The number of benzene rings is 9. The van der Waals surface area contributed by atoms with Crippen LogP contribution in [0.25, 0.3) is 66.1 Å². The molecular weight excluding hydrogens is 705 g/mol. The van der Waals surface area contributed by atoms with Gasteiger partial charge in [-0.1, -0.05) is 176 Å². The van der Waals surface area contributed by atoms with Crippen molar-refractivity contribution < 1.29 is 0 Å². The molecule has 0 N–H and O–H groups in total. The maximum atomic E-state index is 2.48. The van der Waals surface area contributed by atoms with E-state index in [1.165, 1.54) is 75.5 Å². The first-order valence-electron chi connectivity index (χ1n) is 19.7. The van der Waals surface area contributed by atoms with Crippen molar-refractivity contribution in [3.63, 3.8) is 0 Å². The maximum absolute atomic E-state index is 2.75. The standard InChI is InChI=1S/C54H38N2Si/c1-5-18-39(19-6-1)40-32-34-53-49(36-40)50-38-42(56-51-30-15-13-28-47(51)48-29-14-16-31-52(48)56)33-35-54(50)55(53)41-20-17-27-46(37-41)57(43-21-7-2-8-22-43,44-23-9-3-10-24-44)45-25-11-4-12-26-45/h1-38H. The molecule has 0 aliphatic carbocycles. The van der Waals surface area contributed by atoms with Crippen LogP contribution in [-0.4, -0.2) is 17.2 Å². The molecule has 11 rings (SSSR count). The first-order chi connectivity index (χ1) is 28.3. The Bertz CT molecular complexity index is 3070. The Morgan fingerprint density at radius 1 is 0.246 bits per heavy atom. The minimum atomic E-state index is -2.75. The van der Waals surface area contributed by atoms with E-state index in [4.69, 9.17) is 0 Å². The van der Waals surface area contributed by atoms with Crippen molar-refractivity contribution in [2.24, 2.45) is 0 Å². The molecule has 2 nitrogen and oxygen atoms in total. The molecule has 0 fully saturated rings. The van der Waals surface area contributed by atoms with Crippen molar-refractivity contribution in [3.05, 3.63) is 231 Å². The largest absolute Gasteiger partial charge is 0.309 e. The monoisotopic (exact) mass is 742 g/mol. The van der Waals surface area contributed by atoms with Crippen molar-refractivity contribution in [2.75, 3.05) is 0 Å². The number of nitrogens with zero attached hydrogens (tertiary/aromatic N) is 2. The van der Waals surface area contributed by atoms with Crippen LogP contribution in [0.4, 0.5) is 0 Å². The first kappa shape index (κ1) is 33.2. The summed E-state index contributed by atoms with van der Waals surface area (Å²) in [7, 11) is -2.75. The smallest absolute Gasteiger partial charge is 0.179 e. The molecule has 0 unspecified atom stereocenters. The third kappa shape index (κ3) is 5.24. The third-order valence-corrected chi connectivity index (χ3v) is 16.6. The van der Waals surface area contributed by atoms with Gasteiger partial charge >= 0.3 is 0 Å². The van der Waals surface area contributed by atoms with Crippen molar-refractivity contribution in [1.29, 1.82) is 0 Å². The lowest BCUT2D eigenvalue weighted by molar-refractivity contribution is 1.17. The fraction of sp³-hybridized carbons (Fsp3) is 0. The molecule has 268 valence electrons. The molecule has 11 aromatic rings. The zero-order valence-electron chi connectivity index (χ0n) is 31.3. The number of hydrogen-bond acceptors (Lipinski definition) is 0. The Hall–Kier alpha value is -7.20. The predicted octanol–water partition coefficient (Wildman–Crippen LogP) is 10.9. The molecule has 0 bridgehead atoms. The van der Waals surface area contributed by atoms with Crippen LogP contribution >= 0.6 is 0 Å². The van der Waals surface area contributed by atoms with E-state index in [9.17, 15) is 0 Å². The second-order valence-electron chi connectivity index (χ2n) is 14.9. The number of aromatic nitrogens is 2. The van der Waals surface area contributed by atoms with Gasteiger partial charge in [0, 0.05) is 32.9 Å². The molecule has 0 aliphatic rings. The lowest BCUT2D eigenvalue weighted by Gasteiger charge is -2.34. The van der Waals surface area contributed by atoms with Crippen LogP contribution in [0.3, 0.4) is 0 Å². The molecular formula is C54H38N2Si. The zero-order chi connectivity index (χ0) is 37.8. The van der Waals surface area contributed by atoms with E-state index in [0.717, 1.165) is 11.4 Å². The predicted molar refractivity (Wildman–Crippen MR) is 244 cm³/mol. The highest BCUT2D eigenvalue weighted by molar-refractivity contribution is 7.19. The van der Waals surface area contributed by atoms with Crippen LogP contribution in [0.2, 0.25) is 0 Å². The van der Waals surface area contributed by atoms with E-state index in [2.05, 4.69) is 240 Å². The van der Waals surface area contributed by atoms with E-state index < -0.39 is 8.07 Å². The lowest BCUT2D eigenvalue weighted by atomic mass is 10.0. The van der Waals surface area contributed by atoms with Gasteiger partial charge in [0.05, 0.1) is 22.1 Å². The first-order valence-corrected chi connectivity index (χ1v) is 21.7. The van der Waals surface area contributed by atoms with Gasteiger partial charge in [-0.15, -0.1) is 0 Å². The van der Waals surface area contributed by atoms with Crippen LogP contribution in [-0.2, 0) is 0 Å². The molecule has 0 atom stereocenters. The summed E-state index contributed by atoms with van der Waals surface area (Å²) < 4.78 is 4.91. The van der Waals surface area contributed by atoms with Crippen molar-refractivity contribution in [2.45, 2.75) is 0 Å². The van der Waals surface area contributed by atoms with Gasteiger partial charge < -0.3 is 9.13 Å². The highest BCUT2D eigenvalue weighted by atomic mass is 28.3. The molecule has 0 aliphatic heterocycles. The van der Waals surface area contributed by atoms with Crippen molar-refractivity contribution in [1.82, 2.24) is 9.13 Å². The topological polar surface area (TPSA) is 9.86 Å². The highest BCUT2D eigenvalue weighted by Crippen LogP contribution is 2.38. The summed E-state index contributed by atoms with van der Waals surface area (Å²) in [6, 6.07) is 85.2. The molecule has 3 heteroatoms. The minimum absolute atomic E-state index is 1.15. The molecule has 57 heavy (non-hydrogen) atoms. The van der Waals surface area contributed by atoms with E-state index >= 15 is 0 Å². The average molecular weight is 743 g/mol. The number of fused-ring (bicyclic) bond motifs is 6. The molecule has 2 aromatic heterocycles. The Morgan fingerprint density at radius 3 is 1.23 bits per heavy atom. The van der Waals surface area contributed by atoms with E-state index in [-0.39, 0.29) is 0 Å². The molecule has 0 saturated carbocycles. The SMILES string of the molecule is c1ccc(-c2ccc3c(c2)c2cc(-n4c5ccccc5c5ccccc54)ccc2n3-c2cccc([Si](c3ccccc3)(c3ccccc3)c3ccccc3)c2)cc1. The van der Waals surface area contributed by atoms with Crippen molar-refractivity contribution in [3.8, 4) is 22.5 Å². The van der Waals surface area contributed by atoms with Gasteiger partial charge in [-0.2, -0.15) is 0 Å². The third-order valence-electron chi connectivity index (χ3n) is 11.9. The summed E-state index contributed by atoms with van der Waals surface area (Å²) in [4.78, 5) is 0. The number of hydrogen-bond donors (Lipinski definition) is 0. The second kappa shape index (κ2) is 13.5. The summed E-state index contributed by atoms with van der Waals surface area (Å²) in [5.41, 5.74) is 9.53. The maximum Gasteiger partial charge on any atom is 0.179 e. The summed E-state index contributed by atoms with van der Waals surface area (Å²) in [5.74, 6) is 0. The van der Waals surface area contributed by atoms with Gasteiger partial charge in [0.15, 0.2) is 8.07 Å². The quantitative estimate of drug-likeness (QED) is 0.114. The molecule has 0 radical (unpaired) electrons. The van der Waals surface area contributed by atoms with Crippen LogP contribution < -0.4 is 20.7 Å². The Balaban J connectivity index is 1.19. The molecule has 2 heterocycles. The van der Waals surface area contributed by atoms with E-state index in [0.29, 0.717) is 0 Å². The van der Waals surface area contributed by atoms with Gasteiger partial charge in [-0.05, 0) is 86.5 Å². The molecule has 9 aromatic carbocycles. The Kier molecular flexibility index (Phi) is 7.87. The highest BCUT2D eigenvalue weighted by Gasteiger charge is 2.41. The van der Waals surface area contributed by atoms with Crippen LogP contribution in [0.15, 0.2) is 231 Å².